The molecule has 2 unspecified atom stereocenters. The van der Waals surface area contributed by atoms with Gasteiger partial charge in [-0.25, -0.2) is 8.78 Å². The summed E-state index contributed by atoms with van der Waals surface area (Å²) in [5, 5.41) is 0. The van der Waals surface area contributed by atoms with Gasteiger partial charge in [0.15, 0.2) is 0 Å². The highest BCUT2D eigenvalue weighted by molar-refractivity contribution is 5.27. The van der Waals surface area contributed by atoms with Gasteiger partial charge in [0.2, 0.25) is 0 Å². The Kier molecular flexibility index (Phi) is 5.78. The summed E-state index contributed by atoms with van der Waals surface area (Å²) in [6, 6.07) is 7.82. The lowest BCUT2D eigenvalue weighted by Gasteiger charge is -2.36. The number of benzene rings is 1. The smallest absolute Gasteiger partial charge is 0.206 e. The van der Waals surface area contributed by atoms with Crippen molar-refractivity contribution in [3.05, 3.63) is 35.4 Å². The molecule has 1 fully saturated rings. The predicted molar refractivity (Wildman–Crippen MR) is 85.0 cm³/mol. The zero-order valence-electron chi connectivity index (χ0n) is 13.4. The first-order valence-electron chi connectivity index (χ1n) is 8.53. The minimum atomic E-state index is -2.54. The molecule has 0 N–H and O–H groups in total. The molecule has 2 atom stereocenters. The summed E-state index contributed by atoms with van der Waals surface area (Å²) < 4.78 is 29.0. The van der Waals surface area contributed by atoms with Crippen LogP contribution in [0.3, 0.4) is 0 Å². The molecule has 21 heavy (non-hydrogen) atoms. The second kappa shape index (κ2) is 7.38. The zero-order valence-corrected chi connectivity index (χ0v) is 13.4. The van der Waals surface area contributed by atoms with Crippen LogP contribution in [0.4, 0.5) is 8.78 Å². The maximum Gasteiger partial charge on any atom is 0.255 e. The average Bonchev–Trinajstić information content (AvgIpc) is 2.47. The Hall–Kier alpha value is -0.920. The fraction of sp³-hybridized carbons (Fsp3) is 0.684. The third-order valence-corrected chi connectivity index (χ3v) is 4.94. The standard InChI is InChI=1S/C19H28F2/c1-3-5-6-7-16-10-13-18(19(20,21)14-16)17-11-8-15(4-2)9-12-17/h8-9,11-12,16,18H,3-7,10,13-14H2,1-2H3. The van der Waals surface area contributed by atoms with Crippen LogP contribution in [0.15, 0.2) is 24.3 Å². The topological polar surface area (TPSA) is 0 Å². The van der Waals surface area contributed by atoms with Crippen LogP contribution in [-0.4, -0.2) is 5.92 Å². The molecule has 0 heterocycles. The molecule has 0 aromatic heterocycles. The summed E-state index contributed by atoms with van der Waals surface area (Å²) in [4.78, 5) is 0. The molecular formula is C19H28F2. The Labute approximate surface area is 128 Å². The van der Waals surface area contributed by atoms with E-state index < -0.39 is 11.8 Å². The van der Waals surface area contributed by atoms with E-state index in [0.717, 1.165) is 37.7 Å². The van der Waals surface area contributed by atoms with Gasteiger partial charge in [0.05, 0.1) is 0 Å². The van der Waals surface area contributed by atoms with Crippen molar-refractivity contribution < 1.29 is 8.78 Å². The Morgan fingerprint density at radius 2 is 1.76 bits per heavy atom. The summed E-state index contributed by atoms with van der Waals surface area (Å²) in [7, 11) is 0. The van der Waals surface area contributed by atoms with Gasteiger partial charge in [-0.1, -0.05) is 63.8 Å². The van der Waals surface area contributed by atoms with E-state index in [9.17, 15) is 8.78 Å². The minimum absolute atomic E-state index is 0.0803. The molecule has 0 spiro atoms. The van der Waals surface area contributed by atoms with Gasteiger partial charge in [-0.2, -0.15) is 0 Å². The molecule has 2 heteroatoms. The van der Waals surface area contributed by atoms with Gasteiger partial charge in [-0.15, -0.1) is 0 Å². The Morgan fingerprint density at radius 1 is 1.05 bits per heavy atom. The maximum absolute atomic E-state index is 14.5. The quantitative estimate of drug-likeness (QED) is 0.536. The lowest BCUT2D eigenvalue weighted by Crippen LogP contribution is -2.34. The largest absolute Gasteiger partial charge is 0.255 e. The summed E-state index contributed by atoms with van der Waals surface area (Å²) >= 11 is 0. The maximum atomic E-state index is 14.5. The lowest BCUT2D eigenvalue weighted by atomic mass is 9.74. The highest BCUT2D eigenvalue weighted by atomic mass is 19.3. The third-order valence-electron chi connectivity index (χ3n) is 4.94. The van der Waals surface area contributed by atoms with E-state index >= 15 is 0 Å². The normalized spacial score (nSPS) is 25.0. The van der Waals surface area contributed by atoms with Crippen molar-refractivity contribution >= 4 is 0 Å². The molecule has 0 radical (unpaired) electrons. The molecule has 0 nitrogen and oxygen atoms in total. The van der Waals surface area contributed by atoms with Gasteiger partial charge < -0.3 is 0 Å². The molecule has 1 aromatic rings. The van der Waals surface area contributed by atoms with Gasteiger partial charge >= 0.3 is 0 Å². The Bertz CT molecular complexity index is 422. The fourth-order valence-electron chi connectivity index (χ4n) is 3.57. The van der Waals surface area contributed by atoms with Crippen LogP contribution in [0.2, 0.25) is 0 Å². The molecule has 1 aromatic carbocycles. The van der Waals surface area contributed by atoms with Crippen LogP contribution in [0.5, 0.6) is 0 Å². The Morgan fingerprint density at radius 3 is 2.33 bits per heavy atom. The monoisotopic (exact) mass is 294 g/mol. The first-order chi connectivity index (χ1) is 10.1. The molecule has 0 saturated heterocycles. The number of hydrogen-bond donors (Lipinski definition) is 0. The number of halogens is 2. The zero-order chi connectivity index (χ0) is 15.3. The van der Waals surface area contributed by atoms with Crippen molar-refractivity contribution in [2.75, 3.05) is 0 Å². The average molecular weight is 294 g/mol. The first kappa shape index (κ1) is 16.5. The van der Waals surface area contributed by atoms with Gasteiger partial charge in [-0.05, 0) is 36.3 Å². The number of aryl methyl sites for hydroxylation is 1. The van der Waals surface area contributed by atoms with Crippen LogP contribution >= 0.6 is 0 Å². The summed E-state index contributed by atoms with van der Waals surface area (Å²) in [6.45, 7) is 4.25. The molecular weight excluding hydrogens is 266 g/mol. The van der Waals surface area contributed by atoms with Crippen LogP contribution in [-0.2, 0) is 6.42 Å². The van der Waals surface area contributed by atoms with Gasteiger partial charge in [-0.3, -0.25) is 0 Å². The van der Waals surface area contributed by atoms with Crippen LogP contribution in [0.1, 0.15) is 75.8 Å². The van der Waals surface area contributed by atoms with Crippen molar-refractivity contribution in [2.45, 2.75) is 77.1 Å². The predicted octanol–water partition coefficient (Wildman–Crippen LogP) is 6.35. The van der Waals surface area contributed by atoms with E-state index in [2.05, 4.69) is 13.8 Å². The molecule has 0 aliphatic heterocycles. The Balaban J connectivity index is 1.99. The van der Waals surface area contributed by atoms with E-state index in [-0.39, 0.29) is 12.3 Å². The molecule has 1 saturated carbocycles. The van der Waals surface area contributed by atoms with Crippen LogP contribution in [0, 0.1) is 5.92 Å². The molecule has 0 bridgehead atoms. The number of alkyl halides is 2. The highest BCUT2D eigenvalue weighted by Gasteiger charge is 2.45. The highest BCUT2D eigenvalue weighted by Crippen LogP contribution is 2.48. The van der Waals surface area contributed by atoms with E-state index in [4.69, 9.17) is 0 Å². The number of hydrogen-bond acceptors (Lipinski definition) is 0. The van der Waals surface area contributed by atoms with Crippen molar-refractivity contribution in [1.82, 2.24) is 0 Å². The summed E-state index contributed by atoms with van der Waals surface area (Å²) in [6.07, 6.45) is 7.05. The minimum Gasteiger partial charge on any atom is -0.206 e. The fourth-order valence-corrected chi connectivity index (χ4v) is 3.57. The van der Waals surface area contributed by atoms with Gasteiger partial charge in [0.1, 0.15) is 0 Å². The second-order valence-electron chi connectivity index (χ2n) is 6.55. The summed E-state index contributed by atoms with van der Waals surface area (Å²) in [5.74, 6) is -2.90. The van der Waals surface area contributed by atoms with Crippen molar-refractivity contribution in [3.63, 3.8) is 0 Å². The van der Waals surface area contributed by atoms with Gasteiger partial charge in [0, 0.05) is 12.3 Å². The second-order valence-corrected chi connectivity index (χ2v) is 6.55. The van der Waals surface area contributed by atoms with Crippen molar-refractivity contribution in [1.29, 1.82) is 0 Å². The summed E-state index contributed by atoms with van der Waals surface area (Å²) in [5.41, 5.74) is 2.04. The van der Waals surface area contributed by atoms with Crippen LogP contribution in [0.25, 0.3) is 0 Å². The molecule has 118 valence electrons. The number of unbranched alkanes of at least 4 members (excludes halogenated alkanes) is 2. The molecule has 2 rings (SSSR count). The van der Waals surface area contributed by atoms with E-state index in [1.807, 2.05) is 24.3 Å². The van der Waals surface area contributed by atoms with Crippen molar-refractivity contribution in [3.8, 4) is 0 Å². The molecule has 0 amide bonds. The first-order valence-corrected chi connectivity index (χ1v) is 8.53. The van der Waals surface area contributed by atoms with Crippen molar-refractivity contribution in [2.24, 2.45) is 5.92 Å². The molecule has 1 aliphatic carbocycles. The van der Waals surface area contributed by atoms with E-state index in [1.165, 1.54) is 12.0 Å². The van der Waals surface area contributed by atoms with Crippen LogP contribution < -0.4 is 0 Å². The number of rotatable bonds is 6. The SMILES string of the molecule is CCCCCC1CCC(c2ccc(CC)cc2)C(F)(F)C1. The molecule has 1 aliphatic rings. The third kappa shape index (κ3) is 4.28. The van der Waals surface area contributed by atoms with Gasteiger partial charge in [0.25, 0.3) is 5.92 Å². The van der Waals surface area contributed by atoms with E-state index in [1.54, 1.807) is 0 Å². The van der Waals surface area contributed by atoms with E-state index in [0.29, 0.717) is 6.42 Å². The lowest BCUT2D eigenvalue weighted by molar-refractivity contribution is -0.0737.